The first-order valence-corrected chi connectivity index (χ1v) is 7.07. The van der Waals surface area contributed by atoms with E-state index in [0.717, 1.165) is 0 Å². The summed E-state index contributed by atoms with van der Waals surface area (Å²) in [5.74, 6) is -1.14. The number of methoxy groups -OCH3 is 1. The standard InChI is InChI=1S/C15H22N2O5/c1-9(2)8-11(15(20)21-4)17-13(18)10(3)16-14(19)12-6-5-7-22-12/h5-7,9-11H,8H2,1-4H3,(H,16,19)(H,17,18). The Labute approximate surface area is 129 Å². The van der Waals surface area contributed by atoms with Crippen LogP contribution < -0.4 is 10.6 Å². The highest BCUT2D eigenvalue weighted by molar-refractivity contribution is 5.96. The van der Waals surface area contributed by atoms with Crippen molar-refractivity contribution in [2.45, 2.75) is 39.3 Å². The molecule has 0 saturated carbocycles. The van der Waals surface area contributed by atoms with Gasteiger partial charge >= 0.3 is 5.97 Å². The molecule has 22 heavy (non-hydrogen) atoms. The van der Waals surface area contributed by atoms with Crippen molar-refractivity contribution in [3.8, 4) is 0 Å². The minimum absolute atomic E-state index is 0.117. The number of carbonyl (C=O) groups excluding carboxylic acids is 3. The maximum absolute atomic E-state index is 12.1. The van der Waals surface area contributed by atoms with Gasteiger partial charge in [-0.15, -0.1) is 0 Å². The second kappa shape index (κ2) is 8.21. The van der Waals surface area contributed by atoms with E-state index in [1.54, 1.807) is 6.07 Å². The van der Waals surface area contributed by atoms with E-state index in [-0.39, 0.29) is 11.7 Å². The molecule has 2 unspecified atom stereocenters. The van der Waals surface area contributed by atoms with Crippen LogP contribution in [0.1, 0.15) is 37.7 Å². The van der Waals surface area contributed by atoms with Gasteiger partial charge in [0.2, 0.25) is 5.91 Å². The van der Waals surface area contributed by atoms with E-state index in [9.17, 15) is 14.4 Å². The number of hydrogen-bond donors (Lipinski definition) is 2. The molecule has 0 aliphatic carbocycles. The third-order valence-electron chi connectivity index (χ3n) is 3.00. The minimum atomic E-state index is -0.808. The van der Waals surface area contributed by atoms with E-state index in [4.69, 9.17) is 4.42 Å². The van der Waals surface area contributed by atoms with E-state index in [2.05, 4.69) is 15.4 Å². The fraction of sp³-hybridized carbons (Fsp3) is 0.533. The van der Waals surface area contributed by atoms with Crippen molar-refractivity contribution in [1.82, 2.24) is 10.6 Å². The molecule has 2 N–H and O–H groups in total. The van der Waals surface area contributed by atoms with E-state index in [1.807, 2.05) is 13.8 Å². The van der Waals surface area contributed by atoms with E-state index in [1.165, 1.54) is 26.4 Å². The zero-order valence-corrected chi connectivity index (χ0v) is 13.2. The molecule has 122 valence electrons. The van der Waals surface area contributed by atoms with Crippen LogP contribution in [0, 0.1) is 5.92 Å². The first-order valence-electron chi connectivity index (χ1n) is 7.07. The van der Waals surface area contributed by atoms with Crippen molar-refractivity contribution in [3.63, 3.8) is 0 Å². The third kappa shape index (κ3) is 5.23. The zero-order chi connectivity index (χ0) is 16.7. The van der Waals surface area contributed by atoms with Crippen LogP contribution in [-0.4, -0.2) is 37.0 Å². The summed E-state index contributed by atoms with van der Waals surface area (Å²) in [6.45, 7) is 5.40. The quantitative estimate of drug-likeness (QED) is 0.735. The summed E-state index contributed by atoms with van der Waals surface area (Å²) >= 11 is 0. The number of nitrogens with one attached hydrogen (secondary N) is 2. The van der Waals surface area contributed by atoms with Crippen molar-refractivity contribution in [1.29, 1.82) is 0 Å². The smallest absolute Gasteiger partial charge is 0.328 e. The normalized spacial score (nSPS) is 13.3. The first kappa shape index (κ1) is 17.7. The lowest BCUT2D eigenvalue weighted by molar-refractivity contribution is -0.145. The molecule has 2 amide bonds. The van der Waals surface area contributed by atoms with Gasteiger partial charge in [0.25, 0.3) is 5.91 Å². The lowest BCUT2D eigenvalue weighted by Crippen LogP contribution is -2.50. The molecular weight excluding hydrogens is 288 g/mol. The van der Waals surface area contributed by atoms with Crippen LogP contribution in [0.15, 0.2) is 22.8 Å². The van der Waals surface area contributed by atoms with Gasteiger partial charge in [0, 0.05) is 0 Å². The van der Waals surface area contributed by atoms with Crippen molar-refractivity contribution in [2.75, 3.05) is 7.11 Å². The number of carbonyl (C=O) groups is 3. The zero-order valence-electron chi connectivity index (χ0n) is 13.2. The van der Waals surface area contributed by atoms with Crippen LogP contribution in [-0.2, 0) is 14.3 Å². The largest absolute Gasteiger partial charge is 0.467 e. The molecule has 0 spiro atoms. The molecule has 0 aromatic carbocycles. The van der Waals surface area contributed by atoms with Crippen molar-refractivity contribution >= 4 is 17.8 Å². The van der Waals surface area contributed by atoms with Gasteiger partial charge in [-0.25, -0.2) is 4.79 Å². The maximum Gasteiger partial charge on any atom is 0.328 e. The number of furan rings is 1. The summed E-state index contributed by atoms with van der Waals surface area (Å²) in [6.07, 6.45) is 1.83. The fourth-order valence-electron chi connectivity index (χ4n) is 1.87. The Morgan fingerprint density at radius 1 is 1.23 bits per heavy atom. The second-order valence-electron chi connectivity index (χ2n) is 5.39. The van der Waals surface area contributed by atoms with Gasteiger partial charge in [-0.3, -0.25) is 9.59 Å². The molecule has 1 rings (SSSR count). The fourth-order valence-corrected chi connectivity index (χ4v) is 1.87. The number of esters is 1. The predicted octanol–water partition coefficient (Wildman–Crippen LogP) is 1.10. The molecule has 1 aromatic rings. The summed E-state index contributed by atoms with van der Waals surface area (Å²) in [7, 11) is 1.27. The average molecular weight is 310 g/mol. The Kier molecular flexibility index (Phi) is 6.62. The molecule has 0 aliphatic rings. The van der Waals surface area contributed by atoms with Gasteiger partial charge in [-0.1, -0.05) is 13.8 Å². The lowest BCUT2D eigenvalue weighted by Gasteiger charge is -2.21. The number of amides is 2. The first-order chi connectivity index (χ1) is 10.3. The van der Waals surface area contributed by atoms with Crippen LogP contribution in [0.4, 0.5) is 0 Å². The number of rotatable bonds is 7. The molecule has 7 nitrogen and oxygen atoms in total. The Balaban J connectivity index is 2.60. The van der Waals surface area contributed by atoms with Crippen LogP contribution >= 0.6 is 0 Å². The molecule has 2 atom stereocenters. The van der Waals surface area contributed by atoms with Crippen molar-refractivity contribution in [2.24, 2.45) is 5.92 Å². The van der Waals surface area contributed by atoms with Gasteiger partial charge in [0.15, 0.2) is 5.76 Å². The summed E-state index contributed by atoms with van der Waals surface area (Å²) < 4.78 is 9.63. The van der Waals surface area contributed by atoms with Crippen molar-refractivity contribution in [3.05, 3.63) is 24.2 Å². The predicted molar refractivity (Wildman–Crippen MR) is 79.0 cm³/mol. The Morgan fingerprint density at radius 2 is 1.91 bits per heavy atom. The second-order valence-corrected chi connectivity index (χ2v) is 5.39. The van der Waals surface area contributed by atoms with Crippen LogP contribution in [0.3, 0.4) is 0 Å². The highest BCUT2D eigenvalue weighted by Crippen LogP contribution is 2.07. The molecule has 0 fully saturated rings. The maximum atomic E-state index is 12.1. The SMILES string of the molecule is COC(=O)C(CC(C)C)NC(=O)C(C)NC(=O)c1ccco1. The number of ether oxygens (including phenoxy) is 1. The van der Waals surface area contributed by atoms with Crippen LogP contribution in [0.5, 0.6) is 0 Å². The third-order valence-corrected chi connectivity index (χ3v) is 3.00. The highest BCUT2D eigenvalue weighted by Gasteiger charge is 2.26. The molecule has 0 aliphatic heterocycles. The molecule has 0 saturated heterocycles. The molecule has 1 heterocycles. The average Bonchev–Trinajstić information content (AvgIpc) is 2.99. The van der Waals surface area contributed by atoms with Crippen molar-refractivity contribution < 1.29 is 23.5 Å². The monoisotopic (exact) mass is 310 g/mol. The molecular formula is C15H22N2O5. The van der Waals surface area contributed by atoms with Gasteiger partial charge in [0.05, 0.1) is 13.4 Å². The van der Waals surface area contributed by atoms with Gasteiger partial charge in [-0.05, 0) is 31.4 Å². The highest BCUT2D eigenvalue weighted by atomic mass is 16.5. The van der Waals surface area contributed by atoms with E-state index >= 15 is 0 Å². The van der Waals surface area contributed by atoms with Gasteiger partial charge in [0.1, 0.15) is 12.1 Å². The number of hydrogen-bond acceptors (Lipinski definition) is 5. The summed E-state index contributed by atoms with van der Waals surface area (Å²) in [6, 6.07) is 1.53. The Morgan fingerprint density at radius 3 is 2.41 bits per heavy atom. The summed E-state index contributed by atoms with van der Waals surface area (Å²) in [5.41, 5.74) is 0. The molecule has 7 heteroatoms. The summed E-state index contributed by atoms with van der Waals surface area (Å²) in [4.78, 5) is 35.6. The van der Waals surface area contributed by atoms with E-state index < -0.39 is 29.9 Å². The Bertz CT molecular complexity index is 510. The molecule has 0 bridgehead atoms. The minimum Gasteiger partial charge on any atom is -0.467 e. The van der Waals surface area contributed by atoms with Gasteiger partial charge in [-0.2, -0.15) is 0 Å². The lowest BCUT2D eigenvalue weighted by atomic mass is 10.0. The van der Waals surface area contributed by atoms with Crippen LogP contribution in [0.2, 0.25) is 0 Å². The van der Waals surface area contributed by atoms with Gasteiger partial charge < -0.3 is 19.8 Å². The topological polar surface area (TPSA) is 97.6 Å². The van der Waals surface area contributed by atoms with E-state index in [0.29, 0.717) is 6.42 Å². The van der Waals surface area contributed by atoms with Crippen LogP contribution in [0.25, 0.3) is 0 Å². The Hall–Kier alpha value is -2.31. The molecule has 0 radical (unpaired) electrons. The summed E-state index contributed by atoms with van der Waals surface area (Å²) in [5, 5.41) is 5.09. The molecule has 1 aromatic heterocycles.